The van der Waals surface area contributed by atoms with Gasteiger partial charge in [-0.1, -0.05) is 51.1 Å². The van der Waals surface area contributed by atoms with Crippen LogP contribution in [0.2, 0.25) is 0 Å². The van der Waals surface area contributed by atoms with Crippen LogP contribution >= 0.6 is 0 Å². The molecule has 4 nitrogen and oxygen atoms in total. The lowest BCUT2D eigenvalue weighted by atomic mass is 9.87. The van der Waals surface area contributed by atoms with Gasteiger partial charge in [-0.05, 0) is 59.1 Å². The summed E-state index contributed by atoms with van der Waals surface area (Å²) in [6, 6.07) is 13.7. The zero-order valence-electron chi connectivity index (χ0n) is 15.7. The number of hydrazine groups is 1. The summed E-state index contributed by atoms with van der Waals surface area (Å²) in [5, 5.41) is 0. The van der Waals surface area contributed by atoms with Crippen LogP contribution in [0.1, 0.15) is 59.8 Å². The van der Waals surface area contributed by atoms with Crippen molar-refractivity contribution in [2.24, 2.45) is 0 Å². The van der Waals surface area contributed by atoms with E-state index >= 15 is 0 Å². The average Bonchev–Trinajstić information content (AvgIpc) is 3.07. The van der Waals surface area contributed by atoms with Crippen molar-refractivity contribution in [3.63, 3.8) is 0 Å². The quantitative estimate of drug-likeness (QED) is 0.833. The fraction of sp³-hybridized carbons (Fsp3) is 0.364. The van der Waals surface area contributed by atoms with Gasteiger partial charge in [-0.2, -0.15) is 0 Å². The van der Waals surface area contributed by atoms with E-state index in [-0.39, 0.29) is 23.7 Å². The van der Waals surface area contributed by atoms with E-state index in [1.54, 1.807) is 12.1 Å². The molecule has 26 heavy (non-hydrogen) atoms. The van der Waals surface area contributed by atoms with Crippen molar-refractivity contribution in [2.45, 2.75) is 51.9 Å². The maximum atomic E-state index is 12.2. The fourth-order valence-electron chi connectivity index (χ4n) is 3.28. The molecule has 0 spiro atoms. The van der Waals surface area contributed by atoms with E-state index in [4.69, 9.17) is 0 Å². The second kappa shape index (κ2) is 7.32. The summed E-state index contributed by atoms with van der Waals surface area (Å²) >= 11 is 0. The average molecular weight is 350 g/mol. The van der Waals surface area contributed by atoms with E-state index in [2.05, 4.69) is 43.8 Å². The van der Waals surface area contributed by atoms with Gasteiger partial charge < -0.3 is 0 Å². The van der Waals surface area contributed by atoms with Crippen LogP contribution < -0.4 is 10.9 Å². The maximum absolute atomic E-state index is 12.2. The Morgan fingerprint density at radius 2 is 1.62 bits per heavy atom. The number of aryl methyl sites for hydroxylation is 2. The number of hydrogen-bond acceptors (Lipinski definition) is 2. The van der Waals surface area contributed by atoms with Crippen molar-refractivity contribution in [1.82, 2.24) is 10.9 Å². The summed E-state index contributed by atoms with van der Waals surface area (Å²) in [7, 11) is 0. The number of hydrogen-bond donors (Lipinski definition) is 2. The zero-order valence-corrected chi connectivity index (χ0v) is 15.7. The highest BCUT2D eigenvalue weighted by Gasteiger charge is 2.15. The Labute approximate surface area is 155 Å². The topological polar surface area (TPSA) is 58.2 Å². The van der Waals surface area contributed by atoms with E-state index in [0.717, 1.165) is 24.0 Å². The monoisotopic (exact) mass is 350 g/mol. The second-order valence-corrected chi connectivity index (χ2v) is 7.96. The predicted molar refractivity (Wildman–Crippen MR) is 103 cm³/mol. The van der Waals surface area contributed by atoms with Crippen LogP contribution in [0.5, 0.6) is 0 Å². The molecule has 0 radical (unpaired) electrons. The number of rotatable bonds is 3. The van der Waals surface area contributed by atoms with Crippen molar-refractivity contribution >= 4 is 11.8 Å². The van der Waals surface area contributed by atoms with Crippen LogP contribution in [-0.2, 0) is 29.5 Å². The van der Waals surface area contributed by atoms with Gasteiger partial charge >= 0.3 is 0 Å². The Morgan fingerprint density at radius 1 is 0.923 bits per heavy atom. The summed E-state index contributed by atoms with van der Waals surface area (Å²) in [6.07, 6.45) is 3.67. The second-order valence-electron chi connectivity index (χ2n) is 7.96. The van der Waals surface area contributed by atoms with E-state index < -0.39 is 0 Å². The number of carbonyl (C=O) groups is 2. The van der Waals surface area contributed by atoms with Crippen LogP contribution in [0.4, 0.5) is 0 Å². The number of benzene rings is 2. The van der Waals surface area contributed by atoms with Crippen LogP contribution in [0, 0.1) is 0 Å². The molecular formula is C22H26N2O2. The Hall–Kier alpha value is -2.62. The Bertz CT molecular complexity index is 817. The van der Waals surface area contributed by atoms with Gasteiger partial charge in [0.15, 0.2) is 0 Å². The minimum absolute atomic E-state index is 0.0408. The third kappa shape index (κ3) is 4.31. The first-order chi connectivity index (χ1) is 12.3. The molecular weight excluding hydrogens is 324 g/mol. The van der Waals surface area contributed by atoms with Gasteiger partial charge in [-0.25, -0.2) is 0 Å². The molecule has 2 aromatic rings. The smallest absolute Gasteiger partial charge is 0.269 e. The molecule has 0 bridgehead atoms. The minimum atomic E-state index is -0.312. The Kier molecular flexibility index (Phi) is 5.12. The predicted octanol–water partition coefficient (Wildman–Crippen LogP) is 3.48. The van der Waals surface area contributed by atoms with Crippen LogP contribution in [0.25, 0.3) is 0 Å². The summed E-state index contributed by atoms with van der Waals surface area (Å²) in [5.41, 5.74) is 10.4. The SMILES string of the molecule is CC(C)(C)c1ccc(C(=O)NNC(=O)Cc2ccc3c(c2)CCC3)cc1. The van der Waals surface area contributed by atoms with E-state index in [1.807, 2.05) is 18.2 Å². The highest BCUT2D eigenvalue weighted by molar-refractivity contribution is 5.95. The normalized spacial score (nSPS) is 13.2. The third-order valence-corrected chi connectivity index (χ3v) is 4.86. The van der Waals surface area contributed by atoms with Gasteiger partial charge in [0.05, 0.1) is 6.42 Å². The van der Waals surface area contributed by atoms with Crippen molar-refractivity contribution in [3.8, 4) is 0 Å². The molecule has 2 aromatic carbocycles. The fourth-order valence-corrected chi connectivity index (χ4v) is 3.28. The van der Waals surface area contributed by atoms with Gasteiger partial charge in [0.25, 0.3) is 5.91 Å². The summed E-state index contributed by atoms with van der Waals surface area (Å²) in [5.74, 6) is -0.532. The zero-order chi connectivity index (χ0) is 18.7. The third-order valence-electron chi connectivity index (χ3n) is 4.86. The molecule has 0 aliphatic heterocycles. The number of fused-ring (bicyclic) bond motifs is 1. The molecule has 3 rings (SSSR count). The number of nitrogens with one attached hydrogen (secondary N) is 2. The molecule has 1 aliphatic rings. The van der Waals surface area contributed by atoms with Gasteiger partial charge in [-0.15, -0.1) is 0 Å². The van der Waals surface area contributed by atoms with Crippen LogP contribution in [0.15, 0.2) is 42.5 Å². The van der Waals surface area contributed by atoms with E-state index in [9.17, 15) is 9.59 Å². The minimum Gasteiger partial charge on any atom is -0.273 e. The van der Waals surface area contributed by atoms with Crippen LogP contribution in [-0.4, -0.2) is 11.8 Å². The van der Waals surface area contributed by atoms with Gasteiger partial charge in [0.2, 0.25) is 5.91 Å². The van der Waals surface area contributed by atoms with Crippen molar-refractivity contribution in [2.75, 3.05) is 0 Å². The van der Waals surface area contributed by atoms with Crippen molar-refractivity contribution in [1.29, 1.82) is 0 Å². The van der Waals surface area contributed by atoms with Gasteiger partial charge in [-0.3, -0.25) is 20.4 Å². The number of carbonyl (C=O) groups excluding carboxylic acids is 2. The van der Waals surface area contributed by atoms with Gasteiger partial charge in [0.1, 0.15) is 0 Å². The molecule has 4 heteroatoms. The molecule has 0 unspecified atom stereocenters. The largest absolute Gasteiger partial charge is 0.273 e. The Morgan fingerprint density at radius 3 is 2.31 bits per heavy atom. The van der Waals surface area contributed by atoms with E-state index in [1.165, 1.54) is 17.5 Å². The molecule has 0 atom stereocenters. The molecule has 2 N–H and O–H groups in total. The highest BCUT2D eigenvalue weighted by Crippen LogP contribution is 2.23. The lowest BCUT2D eigenvalue weighted by molar-refractivity contribution is -0.121. The van der Waals surface area contributed by atoms with Crippen LogP contribution in [0.3, 0.4) is 0 Å². The lowest BCUT2D eigenvalue weighted by Crippen LogP contribution is -2.42. The first-order valence-corrected chi connectivity index (χ1v) is 9.13. The first kappa shape index (κ1) is 18.2. The standard InChI is InChI=1S/C22H26N2O2/c1-22(2,3)19-11-9-17(10-12-19)21(26)24-23-20(25)14-15-7-8-16-5-4-6-18(16)13-15/h7-13H,4-6,14H2,1-3H3,(H,23,25)(H,24,26). The molecule has 0 fully saturated rings. The number of amides is 2. The molecule has 1 aliphatic carbocycles. The van der Waals surface area contributed by atoms with Gasteiger partial charge in [0, 0.05) is 5.56 Å². The molecule has 0 heterocycles. The van der Waals surface area contributed by atoms with Crippen molar-refractivity contribution < 1.29 is 9.59 Å². The molecule has 0 aromatic heterocycles. The summed E-state index contributed by atoms with van der Waals surface area (Å²) in [4.78, 5) is 24.3. The van der Waals surface area contributed by atoms with E-state index in [0.29, 0.717) is 5.56 Å². The molecule has 2 amide bonds. The van der Waals surface area contributed by atoms with Crippen molar-refractivity contribution in [3.05, 3.63) is 70.3 Å². The Balaban J connectivity index is 1.53. The maximum Gasteiger partial charge on any atom is 0.269 e. The molecule has 0 saturated heterocycles. The first-order valence-electron chi connectivity index (χ1n) is 9.13. The summed E-state index contributed by atoms with van der Waals surface area (Å²) < 4.78 is 0. The summed E-state index contributed by atoms with van der Waals surface area (Å²) in [6.45, 7) is 6.38. The highest BCUT2D eigenvalue weighted by atomic mass is 16.2. The lowest BCUT2D eigenvalue weighted by Gasteiger charge is -2.19. The molecule has 136 valence electrons. The molecule has 0 saturated carbocycles.